The van der Waals surface area contributed by atoms with E-state index in [4.69, 9.17) is 23.7 Å². The number of nitrogens with one attached hydrogen (secondary N) is 1. The lowest BCUT2D eigenvalue weighted by molar-refractivity contribution is -0.258. The van der Waals surface area contributed by atoms with E-state index in [1.807, 2.05) is 74.6 Å². The number of para-hydroxylation sites is 1. The molecule has 4 fully saturated rings. The lowest BCUT2D eigenvalue weighted by Crippen LogP contribution is -2.86. The Bertz CT molecular complexity index is 1500. The minimum absolute atomic E-state index is 0.101. The van der Waals surface area contributed by atoms with Crippen molar-refractivity contribution in [2.24, 2.45) is 11.3 Å². The van der Waals surface area contributed by atoms with Crippen LogP contribution in [0.5, 0.6) is 0 Å². The van der Waals surface area contributed by atoms with E-state index in [1.165, 1.54) is 7.11 Å². The van der Waals surface area contributed by atoms with Crippen LogP contribution >= 0.6 is 0 Å². The molecule has 7 rings (SSSR count). The van der Waals surface area contributed by atoms with Crippen molar-refractivity contribution in [1.82, 2.24) is 4.90 Å². The third kappa shape index (κ3) is 3.07. The average Bonchev–Trinajstić information content (AvgIpc) is 3.37. The standard InChI is InChI=1S/C32H34N2O8/c1-19-29(41-19)18-34(2)26-24(38-3)25(29)31(27(36)39-4,28(37)40-16-10-13-20-11-6-5-7-12-20)30-17-23(35)42-32(26,30)33-22-15-9-8-14-21(22)30/h5-15,19,24-26,33H,16-18H2,1-4H3. The molecular formula is C32H34N2O8. The van der Waals surface area contributed by atoms with Crippen molar-refractivity contribution < 1.29 is 38.1 Å². The van der Waals surface area contributed by atoms with E-state index >= 15 is 0 Å². The Morgan fingerprint density at radius 2 is 1.81 bits per heavy atom. The van der Waals surface area contributed by atoms with E-state index in [-0.39, 0.29) is 19.1 Å². The normalized spacial score (nSPS) is 39.2. The molecule has 1 spiro atoms. The first-order valence-corrected chi connectivity index (χ1v) is 14.2. The lowest BCUT2D eigenvalue weighted by atomic mass is 9.41. The molecule has 8 unspecified atom stereocenters. The summed E-state index contributed by atoms with van der Waals surface area (Å²) in [6.45, 7) is 2.21. The highest BCUT2D eigenvalue weighted by Crippen LogP contribution is 2.75. The number of esters is 3. The molecule has 4 aliphatic heterocycles. The molecule has 4 heterocycles. The van der Waals surface area contributed by atoms with Gasteiger partial charge in [-0.05, 0) is 37.2 Å². The maximum atomic E-state index is 14.9. The number of carbonyl (C=O) groups excluding carboxylic acids is 3. The summed E-state index contributed by atoms with van der Waals surface area (Å²) >= 11 is 0. The minimum atomic E-state index is -2.06. The molecule has 1 N–H and O–H groups in total. The third-order valence-corrected chi connectivity index (χ3v) is 10.3. The fourth-order valence-electron chi connectivity index (χ4n) is 8.88. The van der Waals surface area contributed by atoms with Crippen LogP contribution in [0.2, 0.25) is 0 Å². The van der Waals surface area contributed by atoms with Crippen LogP contribution in [-0.2, 0) is 43.5 Å². The summed E-state index contributed by atoms with van der Waals surface area (Å²) in [6.07, 6.45) is 2.28. The van der Waals surface area contributed by atoms with E-state index in [9.17, 15) is 14.4 Å². The van der Waals surface area contributed by atoms with Crippen molar-refractivity contribution in [3.05, 3.63) is 71.8 Å². The number of methoxy groups -OCH3 is 2. The molecule has 220 valence electrons. The Labute approximate surface area is 243 Å². The molecule has 10 nitrogen and oxygen atoms in total. The second kappa shape index (κ2) is 9.13. The molecule has 5 aliphatic rings. The van der Waals surface area contributed by atoms with E-state index in [2.05, 4.69) is 10.2 Å². The second-order valence-electron chi connectivity index (χ2n) is 11.9. The van der Waals surface area contributed by atoms with Gasteiger partial charge in [0.15, 0.2) is 5.41 Å². The van der Waals surface area contributed by atoms with Gasteiger partial charge in [0.25, 0.3) is 0 Å². The summed E-state index contributed by atoms with van der Waals surface area (Å²) in [5.74, 6) is -2.99. The largest absolute Gasteiger partial charge is 0.468 e. The number of rotatable bonds is 6. The highest BCUT2D eigenvalue weighted by atomic mass is 16.6. The second-order valence-corrected chi connectivity index (χ2v) is 11.9. The summed E-state index contributed by atoms with van der Waals surface area (Å²) in [5, 5.41) is 3.48. The zero-order valence-electron chi connectivity index (χ0n) is 24.0. The topological polar surface area (TPSA) is 116 Å². The van der Waals surface area contributed by atoms with Gasteiger partial charge in [0.05, 0.1) is 37.2 Å². The van der Waals surface area contributed by atoms with E-state index in [0.717, 1.165) is 5.56 Å². The number of nitrogens with zero attached hydrogens (tertiary/aromatic N) is 1. The number of hydrogen-bond acceptors (Lipinski definition) is 10. The van der Waals surface area contributed by atoms with E-state index in [1.54, 1.807) is 13.2 Å². The fourth-order valence-corrected chi connectivity index (χ4v) is 8.88. The van der Waals surface area contributed by atoms with Gasteiger partial charge in [-0.15, -0.1) is 0 Å². The lowest BCUT2D eigenvalue weighted by Gasteiger charge is -2.65. The summed E-state index contributed by atoms with van der Waals surface area (Å²) in [6, 6.07) is 16.5. The van der Waals surface area contributed by atoms with Gasteiger partial charge < -0.3 is 29.0 Å². The Balaban J connectivity index is 1.47. The third-order valence-electron chi connectivity index (χ3n) is 10.3. The zero-order valence-corrected chi connectivity index (χ0v) is 24.0. The van der Waals surface area contributed by atoms with Crippen molar-refractivity contribution in [2.75, 3.05) is 39.7 Å². The summed E-state index contributed by atoms with van der Waals surface area (Å²) in [4.78, 5) is 45.1. The predicted molar refractivity (Wildman–Crippen MR) is 150 cm³/mol. The maximum absolute atomic E-state index is 14.9. The molecule has 42 heavy (non-hydrogen) atoms. The first-order valence-electron chi connectivity index (χ1n) is 14.2. The van der Waals surface area contributed by atoms with Crippen LogP contribution in [-0.4, -0.2) is 86.8 Å². The van der Waals surface area contributed by atoms with Gasteiger partial charge >= 0.3 is 17.9 Å². The van der Waals surface area contributed by atoms with Crippen molar-refractivity contribution >= 4 is 29.7 Å². The quantitative estimate of drug-likeness (QED) is 0.239. The van der Waals surface area contributed by atoms with Crippen molar-refractivity contribution in [3.8, 4) is 0 Å². The molecule has 0 aromatic heterocycles. The average molecular weight is 575 g/mol. The monoisotopic (exact) mass is 574 g/mol. The van der Waals surface area contributed by atoms with Gasteiger partial charge in [0, 0.05) is 25.3 Å². The molecule has 8 atom stereocenters. The molecule has 10 heteroatoms. The molecule has 2 bridgehead atoms. The van der Waals surface area contributed by atoms with Gasteiger partial charge in [0.2, 0.25) is 5.72 Å². The van der Waals surface area contributed by atoms with Crippen LogP contribution in [0.4, 0.5) is 5.69 Å². The van der Waals surface area contributed by atoms with Gasteiger partial charge in [-0.3, -0.25) is 19.3 Å². The number of carbonyl (C=O) groups is 3. The van der Waals surface area contributed by atoms with Crippen LogP contribution in [0.3, 0.4) is 0 Å². The van der Waals surface area contributed by atoms with Crippen LogP contribution in [0.15, 0.2) is 60.7 Å². The molecular weight excluding hydrogens is 540 g/mol. The van der Waals surface area contributed by atoms with Crippen LogP contribution in [0.25, 0.3) is 6.08 Å². The first-order chi connectivity index (χ1) is 20.2. The van der Waals surface area contributed by atoms with Crippen LogP contribution in [0, 0.1) is 11.3 Å². The van der Waals surface area contributed by atoms with Crippen LogP contribution in [0.1, 0.15) is 24.5 Å². The molecule has 0 amide bonds. The van der Waals surface area contributed by atoms with Crippen molar-refractivity contribution in [3.63, 3.8) is 0 Å². The number of likely N-dealkylation sites (N-methyl/N-ethyl adjacent to an activating group) is 1. The Morgan fingerprint density at radius 3 is 2.50 bits per heavy atom. The maximum Gasteiger partial charge on any atom is 0.325 e. The molecule has 3 saturated heterocycles. The van der Waals surface area contributed by atoms with Gasteiger partial charge in [0.1, 0.15) is 12.2 Å². The number of benzene rings is 2. The molecule has 2 aromatic carbocycles. The number of likely N-dealkylation sites (tertiary alicyclic amines) is 1. The molecule has 1 aliphatic carbocycles. The predicted octanol–water partition coefficient (Wildman–Crippen LogP) is 2.53. The first kappa shape index (κ1) is 27.1. The van der Waals surface area contributed by atoms with E-state index < -0.39 is 58.1 Å². The number of epoxide rings is 1. The van der Waals surface area contributed by atoms with Gasteiger partial charge in [-0.25, -0.2) is 0 Å². The summed E-state index contributed by atoms with van der Waals surface area (Å²) in [5.41, 5.74) is -3.79. The smallest absolute Gasteiger partial charge is 0.325 e. The Kier molecular flexibility index (Phi) is 5.90. The van der Waals surface area contributed by atoms with Crippen molar-refractivity contribution in [1.29, 1.82) is 0 Å². The number of hydrogen-bond donors (Lipinski definition) is 1. The van der Waals surface area contributed by atoms with Crippen LogP contribution < -0.4 is 5.32 Å². The highest BCUT2D eigenvalue weighted by molar-refractivity contribution is 6.06. The van der Waals surface area contributed by atoms with Gasteiger partial charge in [-0.2, -0.15) is 0 Å². The zero-order chi connectivity index (χ0) is 29.5. The van der Waals surface area contributed by atoms with Crippen molar-refractivity contribution in [2.45, 2.75) is 48.3 Å². The highest BCUT2D eigenvalue weighted by Gasteiger charge is 2.93. The van der Waals surface area contributed by atoms with Gasteiger partial charge in [-0.1, -0.05) is 54.6 Å². The number of fused-ring (bicyclic) bond motifs is 4. The fraction of sp³-hybridized carbons (Fsp3) is 0.469. The van der Waals surface area contributed by atoms with E-state index in [0.29, 0.717) is 17.8 Å². The minimum Gasteiger partial charge on any atom is -0.468 e. The number of piperidine rings is 1. The Morgan fingerprint density at radius 1 is 1.10 bits per heavy atom. The molecule has 0 radical (unpaired) electrons. The number of anilines is 1. The number of ether oxygens (including phenoxy) is 5. The Hall–Kier alpha value is -3.73. The molecule has 1 saturated carbocycles. The molecule has 2 aromatic rings. The SMILES string of the molecule is COC(=O)C1(C(=O)OCC=Cc2ccccc2)C2C(OC)C(N(C)CC23OC3C)C23Nc4ccccc4C21CC(=O)O3. The summed E-state index contributed by atoms with van der Waals surface area (Å²) in [7, 11) is 4.73. The summed E-state index contributed by atoms with van der Waals surface area (Å²) < 4.78 is 30.4.